The fourth-order valence-electron chi connectivity index (χ4n) is 2.86. The number of ether oxygens (including phenoxy) is 2. The zero-order valence-electron chi connectivity index (χ0n) is 16.3. The molecule has 0 heterocycles. The Labute approximate surface area is 162 Å². The van der Waals surface area contributed by atoms with Gasteiger partial charge in [0.15, 0.2) is 11.5 Å². The fourth-order valence-corrected chi connectivity index (χ4v) is 2.86. The molecular formula is C22H31NO4. The number of hydrogen-bond acceptors (Lipinski definition) is 5. The summed E-state index contributed by atoms with van der Waals surface area (Å²) < 4.78 is 11.3. The minimum atomic E-state index is -0.0643. The van der Waals surface area contributed by atoms with E-state index in [-0.39, 0.29) is 18.4 Å². The minimum absolute atomic E-state index is 0.0391. The zero-order valence-corrected chi connectivity index (χ0v) is 16.3. The highest BCUT2D eigenvalue weighted by Crippen LogP contribution is 2.28. The number of aromatic hydroxyl groups is 1. The summed E-state index contributed by atoms with van der Waals surface area (Å²) in [7, 11) is 1.64. The molecule has 148 valence electrons. The maximum Gasteiger partial charge on any atom is 0.161 e. The van der Waals surface area contributed by atoms with Crippen LogP contribution >= 0.6 is 0 Å². The summed E-state index contributed by atoms with van der Waals surface area (Å²) in [5.74, 6) is 1.74. The van der Waals surface area contributed by atoms with Gasteiger partial charge in [-0.1, -0.05) is 38.0 Å². The van der Waals surface area contributed by atoms with Gasteiger partial charge in [0.25, 0.3) is 0 Å². The lowest BCUT2D eigenvalue weighted by Crippen LogP contribution is -2.34. The van der Waals surface area contributed by atoms with Crippen molar-refractivity contribution in [1.29, 1.82) is 0 Å². The number of nitrogens with one attached hydrogen (secondary N) is 1. The van der Waals surface area contributed by atoms with Gasteiger partial charge in [-0.2, -0.15) is 0 Å². The van der Waals surface area contributed by atoms with Gasteiger partial charge in [0.1, 0.15) is 5.75 Å². The van der Waals surface area contributed by atoms with Gasteiger partial charge in [-0.05, 0) is 48.2 Å². The second-order valence-electron chi connectivity index (χ2n) is 6.67. The molecule has 5 heteroatoms. The Bertz CT molecular complexity index is 673. The predicted octanol–water partition coefficient (Wildman–Crippen LogP) is 3.66. The summed E-state index contributed by atoms with van der Waals surface area (Å²) in [5.41, 5.74) is 2.14. The molecule has 2 rings (SSSR count). The van der Waals surface area contributed by atoms with Gasteiger partial charge in [0, 0.05) is 12.6 Å². The molecular weight excluding hydrogens is 342 g/mol. The molecule has 2 aromatic rings. The van der Waals surface area contributed by atoms with Crippen molar-refractivity contribution >= 4 is 0 Å². The molecule has 0 bridgehead atoms. The Balaban J connectivity index is 1.93. The number of rotatable bonds is 12. The van der Waals surface area contributed by atoms with Crippen LogP contribution in [0.4, 0.5) is 0 Å². The number of unbranched alkanes of at least 4 members (excludes halogenated alkanes) is 2. The largest absolute Gasteiger partial charge is 0.508 e. The van der Waals surface area contributed by atoms with E-state index in [1.165, 1.54) is 0 Å². The number of benzene rings is 2. The van der Waals surface area contributed by atoms with Crippen molar-refractivity contribution in [3.63, 3.8) is 0 Å². The van der Waals surface area contributed by atoms with Gasteiger partial charge in [-0.3, -0.25) is 0 Å². The lowest BCUT2D eigenvalue weighted by Gasteiger charge is -2.18. The van der Waals surface area contributed by atoms with Crippen LogP contribution in [0.1, 0.15) is 37.3 Å². The maximum atomic E-state index is 9.67. The van der Waals surface area contributed by atoms with Crippen molar-refractivity contribution in [2.24, 2.45) is 0 Å². The first-order valence-electron chi connectivity index (χ1n) is 9.58. The van der Waals surface area contributed by atoms with Crippen LogP contribution in [0.15, 0.2) is 42.5 Å². The van der Waals surface area contributed by atoms with Crippen LogP contribution in [0.25, 0.3) is 0 Å². The Morgan fingerprint density at radius 1 is 1.00 bits per heavy atom. The molecule has 0 aliphatic heterocycles. The van der Waals surface area contributed by atoms with Crippen molar-refractivity contribution in [2.75, 3.05) is 20.3 Å². The number of aliphatic hydroxyl groups excluding tert-OH is 1. The molecule has 5 nitrogen and oxygen atoms in total. The molecule has 1 atom stereocenters. The van der Waals surface area contributed by atoms with E-state index in [4.69, 9.17) is 9.47 Å². The standard InChI is InChI=1S/C22H31NO4/c1-3-4-5-12-27-22-14-18(8-11-21(22)26-2)15-23-19(16-24)13-17-6-9-20(25)10-7-17/h6-11,14,19,23-25H,3-5,12-13,15-16H2,1-2H3. The van der Waals surface area contributed by atoms with E-state index in [9.17, 15) is 10.2 Å². The number of phenolic OH excluding ortho intramolecular Hbond substituents is 1. The molecule has 0 aliphatic carbocycles. The molecule has 2 aromatic carbocycles. The molecule has 1 unspecified atom stereocenters. The monoisotopic (exact) mass is 373 g/mol. The van der Waals surface area contributed by atoms with E-state index in [0.29, 0.717) is 19.6 Å². The summed E-state index contributed by atoms with van der Waals surface area (Å²) in [6.45, 7) is 3.51. The zero-order chi connectivity index (χ0) is 19.5. The fraction of sp³-hybridized carbons (Fsp3) is 0.455. The van der Waals surface area contributed by atoms with Crippen molar-refractivity contribution in [2.45, 2.75) is 45.2 Å². The lowest BCUT2D eigenvalue weighted by molar-refractivity contribution is 0.240. The summed E-state index contributed by atoms with van der Waals surface area (Å²) >= 11 is 0. The predicted molar refractivity (Wildman–Crippen MR) is 108 cm³/mol. The highest BCUT2D eigenvalue weighted by Gasteiger charge is 2.10. The molecule has 0 aliphatic rings. The quantitative estimate of drug-likeness (QED) is 0.495. The molecule has 0 amide bonds. The molecule has 27 heavy (non-hydrogen) atoms. The van der Waals surface area contributed by atoms with E-state index in [1.54, 1.807) is 19.2 Å². The van der Waals surface area contributed by atoms with Gasteiger partial charge in [0.2, 0.25) is 0 Å². The topological polar surface area (TPSA) is 71.0 Å². The second-order valence-corrected chi connectivity index (χ2v) is 6.67. The van der Waals surface area contributed by atoms with Gasteiger partial charge >= 0.3 is 0 Å². The Morgan fingerprint density at radius 2 is 1.74 bits per heavy atom. The molecule has 0 radical (unpaired) electrons. The van der Waals surface area contributed by atoms with Crippen LogP contribution in [0, 0.1) is 0 Å². The van der Waals surface area contributed by atoms with Crippen LogP contribution in [-0.4, -0.2) is 36.6 Å². The number of phenols is 1. The molecule has 0 fully saturated rings. The maximum absolute atomic E-state index is 9.67. The highest BCUT2D eigenvalue weighted by atomic mass is 16.5. The molecule has 0 aromatic heterocycles. The summed E-state index contributed by atoms with van der Waals surface area (Å²) in [6.07, 6.45) is 4.03. The van der Waals surface area contributed by atoms with Crippen molar-refractivity contribution in [3.05, 3.63) is 53.6 Å². The molecule has 0 spiro atoms. The van der Waals surface area contributed by atoms with Crippen LogP contribution in [-0.2, 0) is 13.0 Å². The third kappa shape index (κ3) is 7.12. The van der Waals surface area contributed by atoms with Crippen LogP contribution < -0.4 is 14.8 Å². The first kappa shape index (κ1) is 21.1. The van der Waals surface area contributed by atoms with E-state index in [1.807, 2.05) is 30.3 Å². The third-order valence-electron chi connectivity index (χ3n) is 4.47. The molecule has 3 N–H and O–H groups in total. The normalized spacial score (nSPS) is 12.0. The first-order chi connectivity index (χ1) is 13.2. The van der Waals surface area contributed by atoms with Gasteiger partial charge < -0.3 is 25.0 Å². The number of hydrogen-bond donors (Lipinski definition) is 3. The van der Waals surface area contributed by atoms with E-state index >= 15 is 0 Å². The highest BCUT2D eigenvalue weighted by molar-refractivity contribution is 5.43. The van der Waals surface area contributed by atoms with Gasteiger partial charge in [0.05, 0.1) is 20.3 Å². The Kier molecular flexibility index (Phi) is 8.95. The average molecular weight is 373 g/mol. The van der Waals surface area contributed by atoms with Gasteiger partial charge in [-0.25, -0.2) is 0 Å². The van der Waals surface area contributed by atoms with Crippen LogP contribution in [0.2, 0.25) is 0 Å². The van der Waals surface area contributed by atoms with E-state index < -0.39 is 0 Å². The van der Waals surface area contributed by atoms with Gasteiger partial charge in [-0.15, -0.1) is 0 Å². The van der Waals surface area contributed by atoms with E-state index in [2.05, 4.69) is 12.2 Å². The summed E-state index contributed by atoms with van der Waals surface area (Å²) in [5, 5.41) is 22.4. The SMILES string of the molecule is CCCCCOc1cc(CNC(CO)Cc2ccc(O)cc2)ccc1OC. The molecule has 0 saturated carbocycles. The minimum Gasteiger partial charge on any atom is -0.508 e. The van der Waals surface area contributed by atoms with Crippen molar-refractivity contribution < 1.29 is 19.7 Å². The summed E-state index contributed by atoms with van der Waals surface area (Å²) in [6, 6.07) is 12.9. The third-order valence-corrected chi connectivity index (χ3v) is 4.47. The first-order valence-corrected chi connectivity index (χ1v) is 9.58. The van der Waals surface area contributed by atoms with Crippen molar-refractivity contribution in [1.82, 2.24) is 5.32 Å². The molecule has 0 saturated heterocycles. The van der Waals surface area contributed by atoms with Crippen LogP contribution in [0.5, 0.6) is 17.2 Å². The Hall–Kier alpha value is -2.24. The second kappa shape index (κ2) is 11.5. The number of aliphatic hydroxyl groups is 1. The van der Waals surface area contributed by atoms with Crippen LogP contribution in [0.3, 0.4) is 0 Å². The summed E-state index contributed by atoms with van der Waals surface area (Å²) in [4.78, 5) is 0. The van der Waals surface area contributed by atoms with Crippen molar-refractivity contribution in [3.8, 4) is 17.2 Å². The number of methoxy groups -OCH3 is 1. The lowest BCUT2D eigenvalue weighted by atomic mass is 10.1. The Morgan fingerprint density at radius 3 is 2.41 bits per heavy atom. The average Bonchev–Trinajstić information content (AvgIpc) is 2.70. The van der Waals surface area contributed by atoms with E-state index in [0.717, 1.165) is 41.9 Å². The smallest absolute Gasteiger partial charge is 0.161 e.